The maximum Gasteiger partial charge on any atom is 0.221 e. The minimum atomic E-state index is 0.0105. The zero-order valence-corrected chi connectivity index (χ0v) is 13.2. The molecule has 0 fully saturated rings. The van der Waals surface area contributed by atoms with Gasteiger partial charge in [0.2, 0.25) is 5.91 Å². The molecule has 3 N–H and O–H groups in total. The van der Waals surface area contributed by atoms with Crippen LogP contribution in [0.1, 0.15) is 26.7 Å². The van der Waals surface area contributed by atoms with E-state index in [1.165, 1.54) is 0 Å². The van der Waals surface area contributed by atoms with Crippen LogP contribution in [0, 0.1) is 0 Å². The van der Waals surface area contributed by atoms with Gasteiger partial charge in [-0.05, 0) is 19.4 Å². The van der Waals surface area contributed by atoms with Gasteiger partial charge < -0.3 is 16.0 Å². The van der Waals surface area contributed by atoms with E-state index in [0.29, 0.717) is 47.7 Å². The minimum Gasteiger partial charge on any atom is -0.369 e. The highest BCUT2D eigenvalue weighted by Crippen LogP contribution is 2.28. The maximum absolute atomic E-state index is 11.5. The van der Waals surface area contributed by atoms with E-state index >= 15 is 0 Å². The molecule has 7 heteroatoms. The van der Waals surface area contributed by atoms with Gasteiger partial charge in [0.1, 0.15) is 11.6 Å². The van der Waals surface area contributed by atoms with Gasteiger partial charge in [0.25, 0.3) is 0 Å². The number of pyridine rings is 1. The Balaban J connectivity index is 2.55. The van der Waals surface area contributed by atoms with Gasteiger partial charge in [-0.25, -0.2) is 4.98 Å². The second-order valence-corrected chi connectivity index (χ2v) is 5.02. The molecule has 112 valence electrons. The molecular formula is C13H20Cl2N4O. The molecule has 0 aliphatic rings. The van der Waals surface area contributed by atoms with Crippen molar-refractivity contribution in [2.75, 3.05) is 30.3 Å². The van der Waals surface area contributed by atoms with Gasteiger partial charge in [-0.15, -0.1) is 0 Å². The molecule has 20 heavy (non-hydrogen) atoms. The van der Waals surface area contributed by atoms with Crippen LogP contribution < -0.4 is 16.0 Å². The molecule has 0 aliphatic carbocycles. The standard InChI is InChI=1S/C13H20Cl2N4O/c1-3-6-17-11(20)5-7-18-13-10(15)8-9(14)12(19-13)16-4-2/h8H,3-7H2,1-2H3,(H,17,20)(H2,16,18,19). The fraction of sp³-hybridized carbons (Fsp3) is 0.538. The lowest BCUT2D eigenvalue weighted by atomic mass is 10.3. The van der Waals surface area contributed by atoms with Crippen molar-refractivity contribution >= 4 is 40.7 Å². The normalized spacial score (nSPS) is 10.2. The summed E-state index contributed by atoms with van der Waals surface area (Å²) in [7, 11) is 0. The Morgan fingerprint density at radius 3 is 2.40 bits per heavy atom. The Bertz CT molecular complexity index is 454. The average Bonchev–Trinajstić information content (AvgIpc) is 2.41. The molecule has 0 aromatic carbocycles. The third-order valence-electron chi connectivity index (χ3n) is 2.49. The molecule has 0 bridgehead atoms. The van der Waals surface area contributed by atoms with Crippen LogP contribution in [0.5, 0.6) is 0 Å². The van der Waals surface area contributed by atoms with Crippen molar-refractivity contribution in [3.05, 3.63) is 16.1 Å². The van der Waals surface area contributed by atoms with E-state index < -0.39 is 0 Å². The third kappa shape index (κ3) is 5.43. The number of hydrogen-bond acceptors (Lipinski definition) is 4. The van der Waals surface area contributed by atoms with Gasteiger partial charge in [0.05, 0.1) is 10.0 Å². The summed E-state index contributed by atoms with van der Waals surface area (Å²) in [4.78, 5) is 15.8. The highest BCUT2D eigenvalue weighted by molar-refractivity contribution is 6.37. The van der Waals surface area contributed by atoms with E-state index in [-0.39, 0.29) is 5.91 Å². The lowest BCUT2D eigenvalue weighted by Crippen LogP contribution is -2.26. The number of amides is 1. The van der Waals surface area contributed by atoms with E-state index in [1.54, 1.807) is 6.07 Å². The van der Waals surface area contributed by atoms with Crippen LogP contribution in [-0.4, -0.2) is 30.5 Å². The molecule has 1 rings (SSSR count). The summed E-state index contributed by atoms with van der Waals surface area (Å²) in [5, 5.41) is 9.81. The van der Waals surface area contributed by atoms with Crippen LogP contribution in [-0.2, 0) is 4.79 Å². The predicted molar refractivity (Wildman–Crippen MR) is 84.8 cm³/mol. The third-order valence-corrected chi connectivity index (χ3v) is 3.07. The van der Waals surface area contributed by atoms with Crippen LogP contribution in [0.25, 0.3) is 0 Å². The van der Waals surface area contributed by atoms with Gasteiger partial charge >= 0.3 is 0 Å². The number of hydrogen-bond donors (Lipinski definition) is 3. The molecule has 1 heterocycles. The quantitative estimate of drug-likeness (QED) is 0.689. The summed E-state index contributed by atoms with van der Waals surface area (Å²) >= 11 is 12.1. The number of nitrogens with one attached hydrogen (secondary N) is 3. The maximum atomic E-state index is 11.5. The molecule has 0 atom stereocenters. The Kier molecular flexibility index (Phi) is 7.47. The highest BCUT2D eigenvalue weighted by Gasteiger charge is 2.09. The average molecular weight is 319 g/mol. The molecule has 0 saturated heterocycles. The van der Waals surface area contributed by atoms with Gasteiger partial charge in [0, 0.05) is 26.1 Å². The monoisotopic (exact) mass is 318 g/mol. The molecule has 0 radical (unpaired) electrons. The molecule has 1 amide bonds. The summed E-state index contributed by atoms with van der Waals surface area (Å²) in [5.74, 6) is 1.11. The highest BCUT2D eigenvalue weighted by atomic mass is 35.5. The topological polar surface area (TPSA) is 66.0 Å². The first kappa shape index (κ1) is 16.9. The lowest BCUT2D eigenvalue weighted by Gasteiger charge is -2.11. The summed E-state index contributed by atoms with van der Waals surface area (Å²) < 4.78 is 0. The SMILES string of the molecule is CCCNC(=O)CCNc1nc(NCC)c(Cl)cc1Cl. The van der Waals surface area contributed by atoms with Gasteiger partial charge in [-0.1, -0.05) is 30.1 Å². The zero-order valence-electron chi connectivity index (χ0n) is 11.7. The summed E-state index contributed by atoms with van der Waals surface area (Å²) in [6.07, 6.45) is 1.30. The number of halogens is 2. The van der Waals surface area contributed by atoms with Crippen LogP contribution in [0.4, 0.5) is 11.6 Å². The van der Waals surface area contributed by atoms with Crippen molar-refractivity contribution in [1.29, 1.82) is 0 Å². The molecule has 1 aromatic heterocycles. The Morgan fingerprint density at radius 1 is 1.15 bits per heavy atom. The summed E-state index contributed by atoms with van der Waals surface area (Å²) in [6, 6.07) is 1.63. The molecule has 0 aliphatic heterocycles. The number of carbonyl (C=O) groups excluding carboxylic acids is 1. The Hall–Kier alpha value is -1.20. The van der Waals surface area contributed by atoms with Crippen LogP contribution in [0.3, 0.4) is 0 Å². The first-order chi connectivity index (χ1) is 9.58. The molecule has 5 nitrogen and oxygen atoms in total. The van der Waals surface area contributed by atoms with E-state index in [1.807, 2.05) is 13.8 Å². The minimum absolute atomic E-state index is 0.0105. The number of anilines is 2. The Labute approximate surface area is 129 Å². The zero-order chi connectivity index (χ0) is 15.0. The number of nitrogens with zero attached hydrogens (tertiary/aromatic N) is 1. The van der Waals surface area contributed by atoms with Crippen LogP contribution >= 0.6 is 23.2 Å². The van der Waals surface area contributed by atoms with Crippen molar-refractivity contribution in [1.82, 2.24) is 10.3 Å². The smallest absolute Gasteiger partial charge is 0.221 e. The summed E-state index contributed by atoms with van der Waals surface area (Å²) in [5.41, 5.74) is 0. The number of aromatic nitrogens is 1. The molecule has 1 aromatic rings. The molecule has 0 unspecified atom stereocenters. The van der Waals surface area contributed by atoms with Crippen molar-refractivity contribution in [2.45, 2.75) is 26.7 Å². The second kappa shape index (κ2) is 8.87. The van der Waals surface area contributed by atoms with Crippen molar-refractivity contribution in [2.24, 2.45) is 0 Å². The lowest BCUT2D eigenvalue weighted by molar-refractivity contribution is -0.120. The molecule has 0 saturated carbocycles. The first-order valence-electron chi connectivity index (χ1n) is 6.69. The fourth-order valence-electron chi connectivity index (χ4n) is 1.53. The van der Waals surface area contributed by atoms with Crippen molar-refractivity contribution in [3.63, 3.8) is 0 Å². The second-order valence-electron chi connectivity index (χ2n) is 4.21. The van der Waals surface area contributed by atoms with E-state index in [9.17, 15) is 4.79 Å². The van der Waals surface area contributed by atoms with Gasteiger partial charge in [0.15, 0.2) is 0 Å². The number of carbonyl (C=O) groups is 1. The van der Waals surface area contributed by atoms with E-state index in [0.717, 1.165) is 6.42 Å². The van der Waals surface area contributed by atoms with Crippen LogP contribution in [0.15, 0.2) is 6.07 Å². The van der Waals surface area contributed by atoms with Crippen molar-refractivity contribution < 1.29 is 4.79 Å². The van der Waals surface area contributed by atoms with E-state index in [2.05, 4.69) is 20.9 Å². The van der Waals surface area contributed by atoms with E-state index in [4.69, 9.17) is 23.2 Å². The van der Waals surface area contributed by atoms with Crippen molar-refractivity contribution in [3.8, 4) is 0 Å². The van der Waals surface area contributed by atoms with Crippen LogP contribution in [0.2, 0.25) is 10.0 Å². The number of rotatable bonds is 8. The van der Waals surface area contributed by atoms with Gasteiger partial charge in [-0.2, -0.15) is 0 Å². The summed E-state index contributed by atoms with van der Waals surface area (Å²) in [6.45, 7) is 5.85. The Morgan fingerprint density at radius 2 is 1.80 bits per heavy atom. The largest absolute Gasteiger partial charge is 0.369 e. The molecule has 0 spiro atoms. The molecular weight excluding hydrogens is 299 g/mol. The first-order valence-corrected chi connectivity index (χ1v) is 7.44. The van der Waals surface area contributed by atoms with Gasteiger partial charge in [-0.3, -0.25) is 4.79 Å². The fourth-order valence-corrected chi connectivity index (χ4v) is 2.02. The predicted octanol–water partition coefficient (Wildman–Crippen LogP) is 3.15.